The van der Waals surface area contributed by atoms with Gasteiger partial charge in [-0.3, -0.25) is 9.36 Å². The van der Waals surface area contributed by atoms with Gasteiger partial charge in [-0.05, 0) is 12.1 Å². The maximum atomic E-state index is 11.8. The van der Waals surface area contributed by atoms with Gasteiger partial charge in [0.2, 0.25) is 0 Å². The van der Waals surface area contributed by atoms with Crippen molar-refractivity contribution in [3.63, 3.8) is 0 Å². The number of carbonyl (C=O) groups is 1. The number of fused-ring (bicyclic) bond motifs is 1. The van der Waals surface area contributed by atoms with E-state index in [4.69, 9.17) is 0 Å². The third kappa shape index (κ3) is 1.50. The number of nitrogens with zero attached hydrogens (tertiary/aromatic N) is 1. The summed E-state index contributed by atoms with van der Waals surface area (Å²) in [6.07, 6.45) is 0.475. The van der Waals surface area contributed by atoms with Gasteiger partial charge in [-0.15, -0.1) is 0 Å². The monoisotopic (exact) mass is 220 g/mol. The lowest BCUT2D eigenvalue weighted by molar-refractivity contribution is -0.108. The largest absolute Gasteiger partial charge is 0.508 e. The Labute approximate surface area is 88.8 Å². The van der Waals surface area contributed by atoms with E-state index in [1.165, 1.54) is 18.2 Å². The molecule has 0 saturated carbocycles. The Morgan fingerprint density at radius 1 is 1.38 bits per heavy atom. The molecule has 0 fully saturated rings. The number of aromatic amines is 1. The molecular formula is C10H8N2O4. The molecule has 6 nitrogen and oxygen atoms in total. The van der Waals surface area contributed by atoms with Gasteiger partial charge in [0.1, 0.15) is 12.0 Å². The summed E-state index contributed by atoms with van der Waals surface area (Å²) in [4.78, 5) is 35.9. The molecule has 0 saturated heterocycles. The maximum Gasteiger partial charge on any atom is 0.329 e. The first-order valence-corrected chi connectivity index (χ1v) is 4.53. The third-order valence-electron chi connectivity index (χ3n) is 2.22. The fourth-order valence-corrected chi connectivity index (χ4v) is 1.48. The number of phenolic OH excluding ortho intramolecular Hbond substituents is 1. The van der Waals surface area contributed by atoms with Crippen molar-refractivity contribution < 1.29 is 9.90 Å². The molecule has 1 heterocycles. The van der Waals surface area contributed by atoms with E-state index >= 15 is 0 Å². The molecule has 0 radical (unpaired) electrons. The van der Waals surface area contributed by atoms with Crippen LogP contribution in [0.25, 0.3) is 10.9 Å². The molecule has 2 rings (SSSR count). The van der Waals surface area contributed by atoms with Gasteiger partial charge in [-0.2, -0.15) is 0 Å². The second-order valence-corrected chi connectivity index (χ2v) is 3.24. The molecule has 2 N–H and O–H groups in total. The minimum atomic E-state index is -0.671. The summed E-state index contributed by atoms with van der Waals surface area (Å²) in [6.45, 7) is -0.287. The van der Waals surface area contributed by atoms with Crippen molar-refractivity contribution in [3.05, 3.63) is 39.0 Å². The topological polar surface area (TPSA) is 92.2 Å². The number of nitrogens with one attached hydrogen (secondary N) is 1. The van der Waals surface area contributed by atoms with Crippen LogP contribution < -0.4 is 11.2 Å². The standard InChI is InChI=1S/C10H8N2O4/c13-4-3-12-9(15)7-2-1-6(14)5-8(7)11-10(12)16/h1-2,4-5,14H,3H2,(H,11,16). The van der Waals surface area contributed by atoms with Crippen molar-refractivity contribution in [1.82, 2.24) is 9.55 Å². The van der Waals surface area contributed by atoms with Crippen LogP contribution in [0, 0.1) is 0 Å². The molecular weight excluding hydrogens is 212 g/mol. The van der Waals surface area contributed by atoms with Crippen LogP contribution in [0.2, 0.25) is 0 Å². The van der Waals surface area contributed by atoms with Crippen molar-refractivity contribution in [2.24, 2.45) is 0 Å². The smallest absolute Gasteiger partial charge is 0.329 e. The van der Waals surface area contributed by atoms with Crippen molar-refractivity contribution in [2.75, 3.05) is 0 Å². The lowest BCUT2D eigenvalue weighted by Gasteiger charge is -2.02. The first kappa shape index (κ1) is 10.2. The van der Waals surface area contributed by atoms with Gasteiger partial charge in [-0.25, -0.2) is 4.79 Å². The lowest BCUT2D eigenvalue weighted by atomic mass is 10.2. The summed E-state index contributed by atoms with van der Waals surface area (Å²) in [6, 6.07) is 4.01. The van der Waals surface area contributed by atoms with Crippen LogP contribution in [0.5, 0.6) is 5.75 Å². The molecule has 0 aliphatic carbocycles. The predicted molar refractivity (Wildman–Crippen MR) is 56.6 cm³/mol. The molecule has 0 bridgehead atoms. The average Bonchev–Trinajstić information content (AvgIpc) is 2.23. The number of hydrogen-bond acceptors (Lipinski definition) is 4. The van der Waals surface area contributed by atoms with Crippen LogP contribution in [0.3, 0.4) is 0 Å². The molecule has 0 aliphatic heterocycles. The second-order valence-electron chi connectivity index (χ2n) is 3.24. The number of carbonyl (C=O) groups excluding carboxylic acids is 1. The van der Waals surface area contributed by atoms with Gasteiger partial charge < -0.3 is 14.9 Å². The molecule has 6 heteroatoms. The Morgan fingerprint density at radius 2 is 2.12 bits per heavy atom. The number of hydrogen-bond donors (Lipinski definition) is 2. The minimum Gasteiger partial charge on any atom is -0.508 e. The van der Waals surface area contributed by atoms with E-state index in [9.17, 15) is 19.5 Å². The molecule has 1 aromatic heterocycles. The number of phenols is 1. The van der Waals surface area contributed by atoms with E-state index < -0.39 is 11.2 Å². The van der Waals surface area contributed by atoms with E-state index in [1.54, 1.807) is 0 Å². The van der Waals surface area contributed by atoms with Crippen LogP contribution in [0.4, 0.5) is 0 Å². The summed E-state index contributed by atoms with van der Waals surface area (Å²) < 4.78 is 0.798. The summed E-state index contributed by atoms with van der Waals surface area (Å²) in [7, 11) is 0. The molecule has 0 spiro atoms. The Morgan fingerprint density at radius 3 is 2.81 bits per heavy atom. The van der Waals surface area contributed by atoms with E-state index in [0.717, 1.165) is 4.57 Å². The molecule has 0 aliphatic rings. The number of aromatic hydroxyl groups is 1. The zero-order chi connectivity index (χ0) is 11.7. The van der Waals surface area contributed by atoms with Gasteiger partial charge in [0.15, 0.2) is 0 Å². The second kappa shape index (κ2) is 3.65. The first-order chi connectivity index (χ1) is 7.63. The van der Waals surface area contributed by atoms with Crippen LogP contribution in [0.15, 0.2) is 27.8 Å². The van der Waals surface area contributed by atoms with Crippen LogP contribution in [0.1, 0.15) is 0 Å². The molecule has 2 aromatic rings. The first-order valence-electron chi connectivity index (χ1n) is 4.53. The van der Waals surface area contributed by atoms with Gasteiger partial charge in [0, 0.05) is 6.07 Å². The van der Waals surface area contributed by atoms with Gasteiger partial charge in [-0.1, -0.05) is 0 Å². The predicted octanol–water partition coefficient (Wildman–Crippen LogP) is -0.406. The molecule has 16 heavy (non-hydrogen) atoms. The van der Waals surface area contributed by atoms with Gasteiger partial charge in [0.05, 0.1) is 17.4 Å². The van der Waals surface area contributed by atoms with Crippen molar-refractivity contribution in [1.29, 1.82) is 0 Å². The highest BCUT2D eigenvalue weighted by Gasteiger charge is 2.07. The van der Waals surface area contributed by atoms with Gasteiger partial charge >= 0.3 is 5.69 Å². The molecule has 82 valence electrons. The summed E-state index contributed by atoms with van der Waals surface area (Å²) in [5.74, 6) is -0.0457. The molecule has 0 amide bonds. The highest BCUT2D eigenvalue weighted by molar-refractivity contribution is 5.78. The minimum absolute atomic E-state index is 0.0457. The highest BCUT2D eigenvalue weighted by atomic mass is 16.3. The zero-order valence-electron chi connectivity index (χ0n) is 8.14. The van der Waals surface area contributed by atoms with E-state index in [-0.39, 0.29) is 23.2 Å². The quantitative estimate of drug-likeness (QED) is 0.673. The summed E-state index contributed by atoms with van der Waals surface area (Å²) >= 11 is 0. The Kier molecular flexibility index (Phi) is 2.32. The van der Waals surface area contributed by atoms with E-state index in [2.05, 4.69) is 4.98 Å². The van der Waals surface area contributed by atoms with Crippen LogP contribution in [-0.4, -0.2) is 20.9 Å². The normalized spacial score (nSPS) is 10.5. The fourth-order valence-electron chi connectivity index (χ4n) is 1.48. The van der Waals surface area contributed by atoms with Crippen LogP contribution >= 0.6 is 0 Å². The number of aromatic nitrogens is 2. The number of H-pyrrole nitrogens is 1. The number of aldehydes is 1. The molecule has 1 aromatic carbocycles. The maximum absolute atomic E-state index is 11.8. The molecule has 0 unspecified atom stereocenters. The zero-order valence-corrected chi connectivity index (χ0v) is 8.14. The SMILES string of the molecule is O=CCn1c(=O)[nH]c2cc(O)ccc2c1=O. The highest BCUT2D eigenvalue weighted by Crippen LogP contribution is 2.13. The summed E-state index contributed by atoms with van der Waals surface area (Å²) in [5.41, 5.74) is -0.974. The lowest BCUT2D eigenvalue weighted by Crippen LogP contribution is -2.35. The Balaban J connectivity index is 2.89. The van der Waals surface area contributed by atoms with E-state index in [1.807, 2.05) is 0 Å². The van der Waals surface area contributed by atoms with Gasteiger partial charge in [0.25, 0.3) is 5.56 Å². The average molecular weight is 220 g/mol. The Hall–Kier alpha value is -2.37. The summed E-state index contributed by atoms with van der Waals surface area (Å²) in [5, 5.41) is 9.45. The van der Waals surface area contributed by atoms with Crippen LogP contribution in [-0.2, 0) is 11.3 Å². The van der Waals surface area contributed by atoms with Crippen molar-refractivity contribution in [3.8, 4) is 5.75 Å². The third-order valence-corrected chi connectivity index (χ3v) is 2.22. The number of rotatable bonds is 2. The van der Waals surface area contributed by atoms with E-state index in [0.29, 0.717) is 6.29 Å². The Bertz CT molecular complexity index is 669. The molecule has 0 atom stereocenters. The van der Waals surface area contributed by atoms with Crippen molar-refractivity contribution >= 4 is 17.2 Å². The fraction of sp³-hybridized carbons (Fsp3) is 0.100. The number of benzene rings is 1. The van der Waals surface area contributed by atoms with Crippen molar-refractivity contribution in [2.45, 2.75) is 6.54 Å².